The minimum atomic E-state index is -0.584. The third-order valence-electron chi connectivity index (χ3n) is 6.96. The number of benzene rings is 3. The number of rotatable bonds is 7. The maximum absolute atomic E-state index is 13.7. The molecule has 3 aromatic carbocycles. The highest BCUT2D eigenvalue weighted by Crippen LogP contribution is 2.27. The summed E-state index contributed by atoms with van der Waals surface area (Å²) in [5, 5.41) is 11.5. The van der Waals surface area contributed by atoms with Gasteiger partial charge in [-0.1, -0.05) is 72.8 Å². The van der Waals surface area contributed by atoms with Crippen molar-refractivity contribution in [3.05, 3.63) is 119 Å². The fraction of sp³-hybridized carbons (Fsp3) is 0.267. The summed E-state index contributed by atoms with van der Waals surface area (Å²) in [4.78, 5) is 29.9. The van der Waals surface area contributed by atoms with Gasteiger partial charge in [-0.2, -0.15) is 0 Å². The van der Waals surface area contributed by atoms with Crippen molar-refractivity contribution in [2.45, 2.75) is 18.6 Å². The summed E-state index contributed by atoms with van der Waals surface area (Å²) < 4.78 is 1.94. The standard InChI is InChI=1S/C30H31N3O3/c34-25(22-33-16-15-28(35)26-13-7-8-14-27(26)33)21-31-17-19-32(20-18-31)30(36)29(23-9-3-1-4-10-23)24-11-5-2-6-12-24/h1-16,25,29,34H,17-22H2. The van der Waals surface area contributed by atoms with Crippen LogP contribution < -0.4 is 5.43 Å². The van der Waals surface area contributed by atoms with Crippen molar-refractivity contribution in [3.63, 3.8) is 0 Å². The number of β-amino-alcohol motifs (C(OH)–C–C–N with tert-alkyl or cyclic N) is 1. The van der Waals surface area contributed by atoms with Crippen LogP contribution in [0.5, 0.6) is 0 Å². The molecule has 1 aliphatic rings. The van der Waals surface area contributed by atoms with E-state index < -0.39 is 6.10 Å². The molecular formula is C30H31N3O3. The summed E-state index contributed by atoms with van der Waals surface area (Å²) in [6.07, 6.45) is 1.16. The summed E-state index contributed by atoms with van der Waals surface area (Å²) >= 11 is 0. The lowest BCUT2D eigenvalue weighted by Gasteiger charge is -2.37. The zero-order valence-corrected chi connectivity index (χ0v) is 20.2. The van der Waals surface area contributed by atoms with Crippen molar-refractivity contribution in [2.75, 3.05) is 32.7 Å². The fourth-order valence-corrected chi connectivity index (χ4v) is 5.10. The minimum Gasteiger partial charge on any atom is -0.390 e. The number of hydrogen-bond acceptors (Lipinski definition) is 4. The van der Waals surface area contributed by atoms with Gasteiger partial charge in [-0.25, -0.2) is 0 Å². The molecule has 6 nitrogen and oxygen atoms in total. The molecular weight excluding hydrogens is 450 g/mol. The molecule has 0 bridgehead atoms. The number of fused-ring (bicyclic) bond motifs is 1. The SMILES string of the molecule is O=C(C(c1ccccc1)c1ccccc1)N1CCN(CC(O)Cn2ccc(=O)c3ccccc32)CC1. The van der Waals surface area contributed by atoms with Crippen LogP contribution in [0.1, 0.15) is 17.0 Å². The Balaban J connectivity index is 1.22. The predicted molar refractivity (Wildman–Crippen MR) is 142 cm³/mol. The average molecular weight is 482 g/mol. The molecule has 1 N–H and O–H groups in total. The molecule has 2 heterocycles. The minimum absolute atomic E-state index is 0.0126. The van der Waals surface area contributed by atoms with Gasteiger partial charge in [0.2, 0.25) is 5.91 Å². The number of piperazine rings is 1. The molecule has 1 aromatic heterocycles. The maximum Gasteiger partial charge on any atom is 0.234 e. The Morgan fingerprint density at radius 2 is 1.33 bits per heavy atom. The van der Waals surface area contributed by atoms with Crippen LogP contribution in [0.15, 0.2) is 102 Å². The lowest BCUT2D eigenvalue weighted by Crippen LogP contribution is -2.51. The first kappa shape index (κ1) is 24.0. The number of pyridine rings is 1. The molecule has 1 unspecified atom stereocenters. The third-order valence-corrected chi connectivity index (χ3v) is 6.96. The zero-order chi connectivity index (χ0) is 24.9. The number of aromatic nitrogens is 1. The number of carbonyl (C=O) groups is 1. The van der Waals surface area contributed by atoms with E-state index in [2.05, 4.69) is 4.90 Å². The molecule has 1 fully saturated rings. The van der Waals surface area contributed by atoms with Gasteiger partial charge in [0.25, 0.3) is 0 Å². The zero-order valence-electron chi connectivity index (χ0n) is 20.2. The molecule has 184 valence electrons. The number of aliphatic hydroxyl groups is 1. The summed E-state index contributed by atoms with van der Waals surface area (Å²) in [5.41, 5.74) is 2.81. The molecule has 36 heavy (non-hydrogen) atoms. The third kappa shape index (κ3) is 5.25. The highest BCUT2D eigenvalue weighted by molar-refractivity contribution is 5.87. The van der Waals surface area contributed by atoms with E-state index in [1.54, 1.807) is 12.3 Å². The van der Waals surface area contributed by atoms with Gasteiger partial charge in [0.1, 0.15) is 0 Å². The highest BCUT2D eigenvalue weighted by Gasteiger charge is 2.30. The maximum atomic E-state index is 13.7. The largest absolute Gasteiger partial charge is 0.390 e. The van der Waals surface area contributed by atoms with E-state index in [1.165, 1.54) is 0 Å². The molecule has 5 rings (SSSR count). The van der Waals surface area contributed by atoms with E-state index in [4.69, 9.17) is 0 Å². The first-order valence-electron chi connectivity index (χ1n) is 12.5. The van der Waals surface area contributed by atoms with Crippen LogP contribution in [0.2, 0.25) is 0 Å². The van der Waals surface area contributed by atoms with Gasteiger partial charge in [-0.05, 0) is 23.3 Å². The van der Waals surface area contributed by atoms with Crippen molar-refractivity contribution >= 4 is 16.8 Å². The number of aliphatic hydroxyl groups excluding tert-OH is 1. The fourth-order valence-electron chi connectivity index (χ4n) is 5.10. The normalized spacial score (nSPS) is 15.3. The number of hydrogen-bond donors (Lipinski definition) is 1. The van der Waals surface area contributed by atoms with Gasteiger partial charge < -0.3 is 14.6 Å². The molecule has 1 aliphatic heterocycles. The summed E-state index contributed by atoms with van der Waals surface area (Å²) in [6, 6.07) is 28.9. The Hall–Kier alpha value is -3.74. The summed E-state index contributed by atoms with van der Waals surface area (Å²) in [7, 11) is 0. The van der Waals surface area contributed by atoms with Gasteiger partial charge in [0, 0.05) is 56.9 Å². The Kier molecular flexibility index (Phi) is 7.26. The van der Waals surface area contributed by atoms with Gasteiger partial charge in [-0.15, -0.1) is 0 Å². The molecule has 0 radical (unpaired) electrons. The van der Waals surface area contributed by atoms with Gasteiger partial charge >= 0.3 is 0 Å². The van der Waals surface area contributed by atoms with E-state index in [-0.39, 0.29) is 17.3 Å². The van der Waals surface area contributed by atoms with Crippen LogP contribution in [-0.2, 0) is 11.3 Å². The van der Waals surface area contributed by atoms with Crippen LogP contribution in [0.25, 0.3) is 10.9 Å². The lowest BCUT2D eigenvalue weighted by molar-refractivity contribution is -0.133. The van der Waals surface area contributed by atoms with E-state index >= 15 is 0 Å². The summed E-state index contributed by atoms with van der Waals surface area (Å²) in [5.74, 6) is -0.203. The monoisotopic (exact) mass is 481 g/mol. The Bertz CT molecular complexity index is 1320. The molecule has 0 saturated carbocycles. The highest BCUT2D eigenvalue weighted by atomic mass is 16.3. The predicted octanol–water partition coefficient (Wildman–Crippen LogP) is 3.34. The van der Waals surface area contributed by atoms with Gasteiger partial charge in [0.15, 0.2) is 5.43 Å². The second-order valence-electron chi connectivity index (χ2n) is 9.38. The Labute approximate surface area is 211 Å². The van der Waals surface area contributed by atoms with Gasteiger partial charge in [0.05, 0.1) is 17.5 Å². The van der Waals surface area contributed by atoms with E-state index in [1.807, 2.05) is 94.4 Å². The van der Waals surface area contributed by atoms with Crippen LogP contribution in [0.4, 0.5) is 0 Å². The van der Waals surface area contributed by atoms with E-state index in [0.717, 1.165) is 16.6 Å². The molecule has 0 spiro atoms. The van der Waals surface area contributed by atoms with Crippen molar-refractivity contribution < 1.29 is 9.90 Å². The van der Waals surface area contributed by atoms with Crippen molar-refractivity contribution in [3.8, 4) is 0 Å². The lowest BCUT2D eigenvalue weighted by atomic mass is 9.90. The molecule has 0 aliphatic carbocycles. The molecule has 1 amide bonds. The summed E-state index contributed by atoms with van der Waals surface area (Å²) in [6.45, 7) is 3.60. The molecule has 6 heteroatoms. The Morgan fingerprint density at radius 3 is 1.97 bits per heavy atom. The number of nitrogens with zero attached hydrogens (tertiary/aromatic N) is 3. The first-order valence-corrected chi connectivity index (χ1v) is 12.5. The number of amides is 1. The second-order valence-corrected chi connectivity index (χ2v) is 9.38. The van der Waals surface area contributed by atoms with Crippen LogP contribution in [0.3, 0.4) is 0 Å². The molecule has 1 saturated heterocycles. The first-order chi connectivity index (χ1) is 17.6. The molecule has 4 aromatic rings. The number of carbonyl (C=O) groups excluding carboxylic acids is 1. The smallest absolute Gasteiger partial charge is 0.234 e. The van der Waals surface area contributed by atoms with Crippen molar-refractivity contribution in [1.82, 2.24) is 14.4 Å². The van der Waals surface area contributed by atoms with Crippen LogP contribution in [0, 0.1) is 0 Å². The van der Waals surface area contributed by atoms with Crippen LogP contribution >= 0.6 is 0 Å². The Morgan fingerprint density at radius 1 is 0.750 bits per heavy atom. The number of para-hydroxylation sites is 1. The molecule has 1 atom stereocenters. The second kappa shape index (κ2) is 10.9. The topological polar surface area (TPSA) is 65.8 Å². The van der Waals surface area contributed by atoms with E-state index in [0.29, 0.717) is 44.7 Å². The van der Waals surface area contributed by atoms with Crippen LogP contribution in [-0.4, -0.2) is 64.2 Å². The van der Waals surface area contributed by atoms with Crippen molar-refractivity contribution in [1.29, 1.82) is 0 Å². The van der Waals surface area contributed by atoms with Crippen molar-refractivity contribution in [2.24, 2.45) is 0 Å². The quantitative estimate of drug-likeness (QED) is 0.440. The van der Waals surface area contributed by atoms with E-state index in [9.17, 15) is 14.7 Å². The van der Waals surface area contributed by atoms with Gasteiger partial charge in [-0.3, -0.25) is 14.5 Å². The average Bonchev–Trinajstić information content (AvgIpc) is 2.92.